The minimum Gasteiger partial charge on any atom is -0.488 e. The zero-order valence-corrected chi connectivity index (χ0v) is 21.5. The Kier molecular flexibility index (Phi) is 7.10. The number of fused-ring (bicyclic) bond motifs is 1. The lowest BCUT2D eigenvalue weighted by Crippen LogP contribution is -2.53. The maximum absolute atomic E-state index is 13.8. The van der Waals surface area contributed by atoms with E-state index in [1.165, 1.54) is 0 Å². The predicted octanol–water partition coefficient (Wildman–Crippen LogP) is 5.98. The van der Waals surface area contributed by atoms with Crippen LogP contribution in [0.15, 0.2) is 66.7 Å². The zero-order valence-electron chi connectivity index (χ0n) is 20.0. The first-order chi connectivity index (χ1) is 16.2. The van der Waals surface area contributed by atoms with E-state index in [2.05, 4.69) is 15.9 Å². The molecule has 2 atom stereocenters. The van der Waals surface area contributed by atoms with Crippen molar-refractivity contribution in [1.29, 1.82) is 0 Å². The Morgan fingerprint density at radius 1 is 1.03 bits per heavy atom. The summed E-state index contributed by atoms with van der Waals surface area (Å²) < 4.78 is 12.0. The van der Waals surface area contributed by atoms with Crippen LogP contribution in [-0.4, -0.2) is 39.8 Å². The number of rotatable bonds is 7. The van der Waals surface area contributed by atoms with Crippen molar-refractivity contribution in [1.82, 2.24) is 4.90 Å². The molecule has 0 saturated carbocycles. The van der Waals surface area contributed by atoms with E-state index in [-0.39, 0.29) is 24.2 Å². The number of carbonyl (C=O) groups excluding carboxylic acids is 2. The van der Waals surface area contributed by atoms with Crippen LogP contribution in [0.1, 0.15) is 43.6 Å². The quantitative estimate of drug-likeness (QED) is 0.282. The van der Waals surface area contributed by atoms with Crippen molar-refractivity contribution < 1.29 is 19.1 Å². The molecule has 0 bridgehead atoms. The number of hydrogen-bond acceptors (Lipinski definition) is 4. The molecule has 4 rings (SSSR count). The van der Waals surface area contributed by atoms with Gasteiger partial charge in [-0.3, -0.25) is 9.59 Å². The predicted molar refractivity (Wildman–Crippen MR) is 137 cm³/mol. The number of halogens is 1. The monoisotopic (exact) mass is 523 g/mol. The summed E-state index contributed by atoms with van der Waals surface area (Å²) in [6.45, 7) is 8.20. The number of alkyl halides is 1. The van der Waals surface area contributed by atoms with Gasteiger partial charge in [-0.1, -0.05) is 84.4 Å². The Hall–Kier alpha value is -2.70. The van der Waals surface area contributed by atoms with Crippen molar-refractivity contribution in [3.8, 4) is 5.75 Å². The number of ether oxygens (including phenoxy) is 2. The molecule has 1 heterocycles. The summed E-state index contributed by atoms with van der Waals surface area (Å²) in [5, 5.41) is 1.66. The van der Waals surface area contributed by atoms with Crippen LogP contribution in [0.4, 0.5) is 0 Å². The molecule has 0 radical (unpaired) electrons. The first kappa shape index (κ1) is 24.4. The van der Waals surface area contributed by atoms with Gasteiger partial charge in [-0.15, -0.1) is 0 Å². The summed E-state index contributed by atoms with van der Waals surface area (Å²) in [7, 11) is 0. The van der Waals surface area contributed by atoms with Gasteiger partial charge < -0.3 is 14.4 Å². The standard InChI is InChI=1S/C28H30BrNO4/c1-18(2)25(29)27(32)30-23(17-34-28(30,3)4)26(31)22-14-15-24(21-13-9-8-12-20(21)22)33-16-19-10-6-5-7-11-19/h5-15,18,23,25H,16-17H2,1-4H3/t23-,25?/m1/s1. The number of ketones is 1. The third-order valence-electron chi connectivity index (χ3n) is 6.23. The summed E-state index contributed by atoms with van der Waals surface area (Å²) >= 11 is 3.51. The fourth-order valence-electron chi connectivity index (χ4n) is 4.36. The molecule has 1 saturated heterocycles. The summed E-state index contributed by atoms with van der Waals surface area (Å²) in [4.78, 5) is 28.3. The van der Waals surface area contributed by atoms with E-state index in [0.717, 1.165) is 16.3 Å². The van der Waals surface area contributed by atoms with Crippen molar-refractivity contribution in [3.05, 3.63) is 77.9 Å². The molecule has 1 aliphatic heterocycles. The lowest BCUT2D eigenvalue weighted by Gasteiger charge is -2.35. The molecule has 0 aromatic heterocycles. The Morgan fingerprint density at radius 3 is 2.35 bits per heavy atom. The van der Waals surface area contributed by atoms with Gasteiger partial charge in [0, 0.05) is 10.9 Å². The number of Topliss-reactive ketones (excluding diaryl/α,β-unsaturated/α-hetero) is 1. The molecule has 5 nitrogen and oxygen atoms in total. The van der Waals surface area contributed by atoms with Gasteiger partial charge in [-0.05, 0) is 42.8 Å². The lowest BCUT2D eigenvalue weighted by molar-refractivity contribution is -0.145. The van der Waals surface area contributed by atoms with E-state index in [9.17, 15) is 9.59 Å². The molecule has 1 amide bonds. The zero-order chi connectivity index (χ0) is 24.5. The van der Waals surface area contributed by atoms with Crippen LogP contribution in [-0.2, 0) is 16.1 Å². The second-order valence-electron chi connectivity index (χ2n) is 9.42. The molecule has 3 aromatic carbocycles. The van der Waals surface area contributed by atoms with Gasteiger partial charge in [0.2, 0.25) is 5.91 Å². The van der Waals surface area contributed by atoms with Gasteiger partial charge in [-0.25, -0.2) is 0 Å². The highest BCUT2D eigenvalue weighted by molar-refractivity contribution is 9.10. The molecule has 1 unspecified atom stereocenters. The average Bonchev–Trinajstić information content (AvgIpc) is 3.16. The number of hydrogen-bond donors (Lipinski definition) is 0. The van der Waals surface area contributed by atoms with E-state index in [4.69, 9.17) is 9.47 Å². The van der Waals surface area contributed by atoms with Crippen molar-refractivity contribution >= 4 is 38.4 Å². The topological polar surface area (TPSA) is 55.8 Å². The first-order valence-corrected chi connectivity index (χ1v) is 12.5. The van der Waals surface area contributed by atoms with Crippen LogP contribution in [0.5, 0.6) is 5.75 Å². The molecule has 6 heteroatoms. The van der Waals surface area contributed by atoms with Crippen LogP contribution in [0.25, 0.3) is 10.8 Å². The molecule has 0 spiro atoms. The number of carbonyl (C=O) groups is 2. The van der Waals surface area contributed by atoms with Gasteiger partial charge in [-0.2, -0.15) is 0 Å². The Balaban J connectivity index is 1.67. The fourth-order valence-corrected chi connectivity index (χ4v) is 4.58. The molecule has 0 aliphatic carbocycles. The highest BCUT2D eigenvalue weighted by Crippen LogP contribution is 2.35. The summed E-state index contributed by atoms with van der Waals surface area (Å²) in [5.41, 5.74) is 0.760. The Morgan fingerprint density at radius 2 is 1.68 bits per heavy atom. The van der Waals surface area contributed by atoms with Gasteiger partial charge in [0.05, 0.1) is 11.4 Å². The van der Waals surface area contributed by atoms with Gasteiger partial charge in [0.1, 0.15) is 24.1 Å². The maximum atomic E-state index is 13.8. The third-order valence-corrected chi connectivity index (χ3v) is 7.68. The Labute approximate surface area is 209 Å². The van der Waals surface area contributed by atoms with Crippen molar-refractivity contribution in [3.63, 3.8) is 0 Å². The molecule has 3 aromatic rings. The van der Waals surface area contributed by atoms with Crippen LogP contribution in [0.3, 0.4) is 0 Å². The molecular weight excluding hydrogens is 494 g/mol. The number of nitrogens with zero attached hydrogens (tertiary/aromatic N) is 1. The smallest absolute Gasteiger partial charge is 0.239 e. The van der Waals surface area contributed by atoms with Crippen molar-refractivity contribution in [2.45, 2.75) is 50.9 Å². The number of amides is 1. The van der Waals surface area contributed by atoms with E-state index >= 15 is 0 Å². The van der Waals surface area contributed by atoms with E-state index < -0.39 is 16.6 Å². The van der Waals surface area contributed by atoms with E-state index in [1.54, 1.807) is 11.0 Å². The maximum Gasteiger partial charge on any atom is 0.239 e. The summed E-state index contributed by atoms with van der Waals surface area (Å²) in [6.07, 6.45) is 0. The molecule has 1 fully saturated rings. The van der Waals surface area contributed by atoms with Crippen LogP contribution >= 0.6 is 15.9 Å². The minimum atomic E-state index is -0.868. The Bertz CT molecular complexity index is 1190. The van der Waals surface area contributed by atoms with Crippen LogP contribution < -0.4 is 4.74 Å². The second-order valence-corrected chi connectivity index (χ2v) is 10.4. The van der Waals surface area contributed by atoms with Gasteiger partial charge in [0.25, 0.3) is 0 Å². The third kappa shape index (κ3) is 4.75. The van der Waals surface area contributed by atoms with Gasteiger partial charge in [0.15, 0.2) is 5.78 Å². The average molecular weight is 524 g/mol. The largest absolute Gasteiger partial charge is 0.488 e. The van der Waals surface area contributed by atoms with Crippen LogP contribution in [0.2, 0.25) is 0 Å². The molecule has 1 aliphatic rings. The van der Waals surface area contributed by atoms with Crippen molar-refractivity contribution in [2.75, 3.05) is 6.61 Å². The fraction of sp³-hybridized carbons (Fsp3) is 0.357. The SMILES string of the molecule is CC(C)C(Br)C(=O)N1[C@@H](C(=O)c2ccc(OCc3ccccc3)c3ccccc23)COC1(C)C. The normalized spacial score (nSPS) is 18.3. The summed E-state index contributed by atoms with van der Waals surface area (Å²) in [6, 6.07) is 20.6. The van der Waals surface area contributed by atoms with Crippen molar-refractivity contribution in [2.24, 2.45) is 5.92 Å². The second kappa shape index (κ2) is 9.88. The first-order valence-electron chi connectivity index (χ1n) is 11.5. The molecular formula is C28H30BrNO4. The van der Waals surface area contributed by atoms with E-state index in [0.29, 0.717) is 17.9 Å². The molecule has 178 valence electrons. The van der Waals surface area contributed by atoms with Crippen LogP contribution in [0, 0.1) is 5.92 Å². The van der Waals surface area contributed by atoms with E-state index in [1.807, 2.05) is 88.4 Å². The highest BCUT2D eigenvalue weighted by atomic mass is 79.9. The lowest BCUT2D eigenvalue weighted by atomic mass is 9.95. The van der Waals surface area contributed by atoms with Gasteiger partial charge >= 0.3 is 0 Å². The molecule has 34 heavy (non-hydrogen) atoms. The number of benzene rings is 3. The highest BCUT2D eigenvalue weighted by Gasteiger charge is 2.48. The minimum absolute atomic E-state index is 0.0847. The summed E-state index contributed by atoms with van der Waals surface area (Å²) in [5.74, 6) is 0.532. The molecule has 0 N–H and O–H groups in total.